The van der Waals surface area contributed by atoms with Crippen LogP contribution < -0.4 is 0 Å². The Kier molecular flexibility index (Phi) is 3.82. The Hall–Kier alpha value is -0.0800. The Bertz CT molecular complexity index is 69.3. The highest BCUT2D eigenvalue weighted by Crippen LogP contribution is 2.12. The van der Waals surface area contributed by atoms with E-state index in [0.717, 1.165) is 6.42 Å². The van der Waals surface area contributed by atoms with Crippen molar-refractivity contribution in [3.8, 4) is 0 Å². The van der Waals surface area contributed by atoms with Crippen molar-refractivity contribution in [1.29, 1.82) is 0 Å². The molecule has 9 heavy (non-hydrogen) atoms. The lowest BCUT2D eigenvalue weighted by Crippen LogP contribution is -2.17. The van der Waals surface area contributed by atoms with Crippen molar-refractivity contribution < 1.29 is 10.2 Å². The molecule has 0 bridgehead atoms. The molecule has 0 aromatic carbocycles. The van der Waals surface area contributed by atoms with Gasteiger partial charge in [0.1, 0.15) is 0 Å². The van der Waals surface area contributed by atoms with E-state index in [1.54, 1.807) is 0 Å². The Labute approximate surface area is 56.5 Å². The number of hydrogen-bond donors (Lipinski definition) is 2. The van der Waals surface area contributed by atoms with Crippen LogP contribution in [0.25, 0.3) is 0 Å². The largest absolute Gasteiger partial charge is 0.368 e. The normalized spacial score (nSPS) is 15.0. The molecule has 0 radical (unpaired) electrons. The zero-order valence-electron chi connectivity index (χ0n) is 6.33. The van der Waals surface area contributed by atoms with Gasteiger partial charge in [-0.3, -0.25) is 0 Å². The van der Waals surface area contributed by atoms with Crippen LogP contribution in [0.5, 0.6) is 0 Å². The van der Waals surface area contributed by atoms with Crippen LogP contribution >= 0.6 is 0 Å². The van der Waals surface area contributed by atoms with Gasteiger partial charge in [-0.05, 0) is 12.3 Å². The second-order valence-corrected chi connectivity index (χ2v) is 3.02. The predicted molar refractivity (Wildman–Crippen MR) is 36.8 cm³/mol. The van der Waals surface area contributed by atoms with Gasteiger partial charge < -0.3 is 10.2 Å². The molecule has 0 saturated carbocycles. The monoisotopic (exact) mass is 132 g/mol. The molecule has 0 aliphatic heterocycles. The number of aliphatic hydroxyl groups is 2. The first-order valence-corrected chi connectivity index (χ1v) is 3.40. The lowest BCUT2D eigenvalue weighted by atomic mass is 9.99. The van der Waals surface area contributed by atoms with E-state index in [1.807, 2.05) is 6.92 Å². The maximum absolute atomic E-state index is 8.63. The van der Waals surface area contributed by atoms with Crippen molar-refractivity contribution in [3.63, 3.8) is 0 Å². The summed E-state index contributed by atoms with van der Waals surface area (Å²) in [7, 11) is 0. The lowest BCUT2D eigenvalue weighted by Gasteiger charge is -2.14. The standard InChI is InChI=1S/C7H16O2/c1-5(2)4-6(3)7(8)9/h5-9H,4H2,1-3H3. The third kappa shape index (κ3) is 4.43. The average molecular weight is 132 g/mol. The third-order valence-corrected chi connectivity index (χ3v) is 1.35. The average Bonchev–Trinajstić information content (AvgIpc) is 1.63. The van der Waals surface area contributed by atoms with E-state index in [1.165, 1.54) is 0 Å². The van der Waals surface area contributed by atoms with Crippen molar-refractivity contribution in [1.82, 2.24) is 0 Å². The van der Waals surface area contributed by atoms with Crippen LogP contribution in [0.4, 0.5) is 0 Å². The number of rotatable bonds is 3. The smallest absolute Gasteiger partial charge is 0.154 e. The van der Waals surface area contributed by atoms with Gasteiger partial charge in [0.25, 0.3) is 0 Å². The van der Waals surface area contributed by atoms with E-state index >= 15 is 0 Å². The summed E-state index contributed by atoms with van der Waals surface area (Å²) in [5.74, 6) is 0.548. The van der Waals surface area contributed by atoms with Gasteiger partial charge in [-0.25, -0.2) is 0 Å². The zero-order valence-corrected chi connectivity index (χ0v) is 6.33. The minimum absolute atomic E-state index is 0.00463. The molecule has 2 nitrogen and oxygen atoms in total. The predicted octanol–water partition coefficient (Wildman–Crippen LogP) is 0.979. The van der Waals surface area contributed by atoms with Crippen molar-refractivity contribution in [2.24, 2.45) is 11.8 Å². The molecule has 0 spiro atoms. The number of aliphatic hydroxyl groups excluding tert-OH is 1. The molecule has 2 N–H and O–H groups in total. The van der Waals surface area contributed by atoms with Gasteiger partial charge in [0.05, 0.1) is 0 Å². The van der Waals surface area contributed by atoms with Crippen molar-refractivity contribution >= 4 is 0 Å². The first-order valence-electron chi connectivity index (χ1n) is 3.40. The SMILES string of the molecule is CC(C)CC(C)C(O)O. The molecule has 0 fully saturated rings. The summed E-state index contributed by atoms with van der Waals surface area (Å²) in [5.41, 5.74) is 0. The molecule has 0 amide bonds. The molecule has 0 saturated heterocycles. The second-order valence-electron chi connectivity index (χ2n) is 3.02. The molecule has 0 aromatic heterocycles. The summed E-state index contributed by atoms with van der Waals surface area (Å²) in [5, 5.41) is 17.3. The topological polar surface area (TPSA) is 40.5 Å². The molecule has 2 heteroatoms. The van der Waals surface area contributed by atoms with Crippen LogP contribution in [0, 0.1) is 11.8 Å². The number of hydrogen-bond acceptors (Lipinski definition) is 2. The quantitative estimate of drug-likeness (QED) is 0.562. The van der Waals surface area contributed by atoms with Crippen LogP contribution in [0.3, 0.4) is 0 Å². The fourth-order valence-electron chi connectivity index (χ4n) is 0.865. The highest BCUT2D eigenvalue weighted by Gasteiger charge is 2.11. The maximum atomic E-state index is 8.63. The first kappa shape index (κ1) is 8.92. The summed E-state index contributed by atoms with van der Waals surface area (Å²) >= 11 is 0. The van der Waals surface area contributed by atoms with Gasteiger partial charge in [0.2, 0.25) is 0 Å². The van der Waals surface area contributed by atoms with Crippen LogP contribution in [-0.2, 0) is 0 Å². The Morgan fingerprint density at radius 1 is 1.11 bits per heavy atom. The fraction of sp³-hybridized carbons (Fsp3) is 1.00. The van der Waals surface area contributed by atoms with Gasteiger partial charge in [0.15, 0.2) is 6.29 Å². The minimum Gasteiger partial charge on any atom is -0.368 e. The summed E-state index contributed by atoms with van der Waals surface area (Å²) in [4.78, 5) is 0. The van der Waals surface area contributed by atoms with Gasteiger partial charge >= 0.3 is 0 Å². The van der Waals surface area contributed by atoms with E-state index in [4.69, 9.17) is 10.2 Å². The molecule has 56 valence electrons. The van der Waals surface area contributed by atoms with E-state index in [2.05, 4.69) is 13.8 Å². The molecule has 0 aromatic rings. The highest BCUT2D eigenvalue weighted by atomic mass is 16.5. The maximum Gasteiger partial charge on any atom is 0.154 e. The van der Waals surface area contributed by atoms with Gasteiger partial charge in [0, 0.05) is 5.92 Å². The molecule has 0 heterocycles. The molecular weight excluding hydrogens is 116 g/mol. The second kappa shape index (κ2) is 3.85. The van der Waals surface area contributed by atoms with Gasteiger partial charge in [-0.2, -0.15) is 0 Å². The molecule has 0 rings (SSSR count). The Morgan fingerprint density at radius 2 is 1.56 bits per heavy atom. The van der Waals surface area contributed by atoms with Gasteiger partial charge in [-0.15, -0.1) is 0 Å². The van der Waals surface area contributed by atoms with Crippen LogP contribution in [-0.4, -0.2) is 16.5 Å². The molecule has 1 atom stereocenters. The summed E-state index contributed by atoms with van der Waals surface area (Å²) in [6.45, 7) is 5.97. The fourth-order valence-corrected chi connectivity index (χ4v) is 0.865. The van der Waals surface area contributed by atoms with Crippen molar-refractivity contribution in [2.75, 3.05) is 0 Å². The Balaban J connectivity index is 3.38. The minimum atomic E-state index is -1.15. The molecule has 0 aliphatic carbocycles. The van der Waals surface area contributed by atoms with Crippen LogP contribution in [0.15, 0.2) is 0 Å². The Morgan fingerprint density at radius 3 is 1.67 bits per heavy atom. The zero-order chi connectivity index (χ0) is 7.44. The summed E-state index contributed by atoms with van der Waals surface area (Å²) < 4.78 is 0. The molecule has 0 aliphatic rings. The van der Waals surface area contributed by atoms with Crippen LogP contribution in [0.2, 0.25) is 0 Å². The molecular formula is C7H16O2. The third-order valence-electron chi connectivity index (χ3n) is 1.35. The van der Waals surface area contributed by atoms with Gasteiger partial charge in [-0.1, -0.05) is 20.8 Å². The van der Waals surface area contributed by atoms with E-state index < -0.39 is 6.29 Å². The first-order chi connectivity index (χ1) is 4.04. The van der Waals surface area contributed by atoms with E-state index in [-0.39, 0.29) is 5.92 Å². The van der Waals surface area contributed by atoms with Crippen molar-refractivity contribution in [3.05, 3.63) is 0 Å². The summed E-state index contributed by atoms with van der Waals surface area (Å²) in [6.07, 6.45) is -0.273. The summed E-state index contributed by atoms with van der Waals surface area (Å²) in [6, 6.07) is 0. The lowest BCUT2D eigenvalue weighted by molar-refractivity contribution is -0.0830. The van der Waals surface area contributed by atoms with Crippen LogP contribution in [0.1, 0.15) is 27.2 Å². The van der Waals surface area contributed by atoms with E-state index in [9.17, 15) is 0 Å². The van der Waals surface area contributed by atoms with Crippen molar-refractivity contribution in [2.45, 2.75) is 33.5 Å². The van der Waals surface area contributed by atoms with E-state index in [0.29, 0.717) is 5.92 Å². The highest BCUT2D eigenvalue weighted by molar-refractivity contribution is 4.56. The molecule has 1 unspecified atom stereocenters.